The van der Waals surface area contributed by atoms with Gasteiger partial charge in [-0.15, -0.1) is 0 Å². The van der Waals surface area contributed by atoms with Gasteiger partial charge < -0.3 is 10.1 Å². The van der Waals surface area contributed by atoms with Crippen LogP contribution in [0.5, 0.6) is 5.75 Å². The number of nitrogens with zero attached hydrogens (tertiary/aromatic N) is 1. The van der Waals surface area contributed by atoms with Crippen LogP contribution in [0.2, 0.25) is 5.02 Å². The van der Waals surface area contributed by atoms with Gasteiger partial charge >= 0.3 is 0 Å². The number of rotatable bonds is 7. The molecule has 1 atom stereocenters. The number of halogens is 1. The SMILES string of the molecule is CC[C@@H](NC(=O)C1CCN(Cc2ccccc2Cl)CC1)c1ccc(OC)cc1. The summed E-state index contributed by atoms with van der Waals surface area (Å²) in [6.07, 6.45) is 2.63. The average molecular weight is 401 g/mol. The van der Waals surface area contributed by atoms with E-state index in [1.54, 1.807) is 7.11 Å². The van der Waals surface area contributed by atoms with Gasteiger partial charge in [-0.05, 0) is 61.7 Å². The molecule has 0 spiro atoms. The number of hydrogen-bond acceptors (Lipinski definition) is 3. The average Bonchev–Trinajstić information content (AvgIpc) is 2.74. The van der Waals surface area contributed by atoms with Crippen molar-refractivity contribution in [3.05, 3.63) is 64.7 Å². The number of carbonyl (C=O) groups excluding carboxylic acids is 1. The van der Waals surface area contributed by atoms with E-state index in [-0.39, 0.29) is 17.9 Å². The molecule has 28 heavy (non-hydrogen) atoms. The van der Waals surface area contributed by atoms with E-state index in [1.807, 2.05) is 42.5 Å². The lowest BCUT2D eigenvalue weighted by atomic mass is 9.94. The molecule has 0 aliphatic carbocycles. The molecule has 0 aromatic heterocycles. The zero-order valence-corrected chi connectivity index (χ0v) is 17.4. The minimum Gasteiger partial charge on any atom is -0.497 e. The summed E-state index contributed by atoms with van der Waals surface area (Å²) in [6.45, 7) is 4.78. The second-order valence-electron chi connectivity index (χ2n) is 7.38. The summed E-state index contributed by atoms with van der Waals surface area (Å²) in [5, 5.41) is 4.06. The third-order valence-corrected chi connectivity index (χ3v) is 5.92. The number of hydrogen-bond donors (Lipinski definition) is 1. The van der Waals surface area contributed by atoms with Gasteiger partial charge in [0.05, 0.1) is 13.2 Å². The molecular formula is C23H29ClN2O2. The molecule has 0 radical (unpaired) electrons. The van der Waals surface area contributed by atoms with E-state index in [1.165, 1.54) is 0 Å². The van der Waals surface area contributed by atoms with Crippen molar-refractivity contribution >= 4 is 17.5 Å². The van der Waals surface area contributed by atoms with Crippen LogP contribution in [0.3, 0.4) is 0 Å². The van der Waals surface area contributed by atoms with Crippen LogP contribution in [-0.4, -0.2) is 31.0 Å². The molecule has 1 fully saturated rings. The molecule has 0 bridgehead atoms. The smallest absolute Gasteiger partial charge is 0.223 e. The highest BCUT2D eigenvalue weighted by Crippen LogP contribution is 2.25. The number of carbonyl (C=O) groups is 1. The van der Waals surface area contributed by atoms with Crippen molar-refractivity contribution in [2.24, 2.45) is 5.92 Å². The first-order chi connectivity index (χ1) is 13.6. The molecule has 150 valence electrons. The Morgan fingerprint density at radius 1 is 1.18 bits per heavy atom. The quantitative estimate of drug-likeness (QED) is 0.723. The Balaban J connectivity index is 1.51. The monoisotopic (exact) mass is 400 g/mol. The van der Waals surface area contributed by atoms with Crippen molar-refractivity contribution in [1.29, 1.82) is 0 Å². The molecule has 5 heteroatoms. The molecule has 3 rings (SSSR count). The molecule has 1 aliphatic heterocycles. The zero-order valence-electron chi connectivity index (χ0n) is 16.7. The number of nitrogens with one attached hydrogen (secondary N) is 1. The van der Waals surface area contributed by atoms with Gasteiger partial charge in [0, 0.05) is 17.5 Å². The molecule has 1 saturated heterocycles. The number of methoxy groups -OCH3 is 1. The second kappa shape index (κ2) is 9.94. The van der Waals surface area contributed by atoms with Gasteiger partial charge in [0.2, 0.25) is 5.91 Å². The number of benzene rings is 2. The molecule has 1 aliphatic rings. The van der Waals surface area contributed by atoms with Crippen LogP contribution in [0.4, 0.5) is 0 Å². The van der Waals surface area contributed by atoms with Crippen LogP contribution in [-0.2, 0) is 11.3 Å². The molecule has 2 aromatic carbocycles. The first-order valence-corrected chi connectivity index (χ1v) is 10.4. The van der Waals surface area contributed by atoms with Gasteiger partial charge in [-0.25, -0.2) is 0 Å². The Bertz CT molecular complexity index is 770. The fraction of sp³-hybridized carbons (Fsp3) is 0.435. The topological polar surface area (TPSA) is 41.6 Å². The molecular weight excluding hydrogens is 372 g/mol. The standard InChI is InChI=1S/C23H29ClN2O2/c1-3-22(17-8-10-20(28-2)11-9-17)25-23(27)18-12-14-26(15-13-18)16-19-6-4-5-7-21(19)24/h4-11,18,22H,3,12-16H2,1-2H3,(H,25,27)/t22-/m1/s1. The van der Waals surface area contributed by atoms with E-state index in [9.17, 15) is 4.79 Å². The van der Waals surface area contributed by atoms with Crippen LogP contribution < -0.4 is 10.1 Å². The summed E-state index contributed by atoms with van der Waals surface area (Å²) in [7, 11) is 1.66. The molecule has 0 saturated carbocycles. The molecule has 4 nitrogen and oxygen atoms in total. The number of amides is 1. The zero-order chi connectivity index (χ0) is 19.9. The summed E-state index contributed by atoms with van der Waals surface area (Å²) in [6, 6.07) is 16.0. The summed E-state index contributed by atoms with van der Waals surface area (Å²) in [4.78, 5) is 15.2. The van der Waals surface area contributed by atoms with Crippen molar-refractivity contribution < 1.29 is 9.53 Å². The van der Waals surface area contributed by atoms with E-state index in [2.05, 4.69) is 23.2 Å². The largest absolute Gasteiger partial charge is 0.497 e. The Labute approximate surface area is 172 Å². The van der Waals surface area contributed by atoms with E-state index in [0.29, 0.717) is 0 Å². The van der Waals surface area contributed by atoms with Crippen molar-refractivity contribution in [3.63, 3.8) is 0 Å². The van der Waals surface area contributed by atoms with Gasteiger partial charge in [0.15, 0.2) is 0 Å². The molecule has 1 amide bonds. The van der Waals surface area contributed by atoms with E-state index >= 15 is 0 Å². The predicted molar refractivity (Wildman–Crippen MR) is 114 cm³/mol. The first-order valence-electron chi connectivity index (χ1n) is 10.0. The normalized spacial score (nSPS) is 16.5. The van der Waals surface area contributed by atoms with Gasteiger partial charge in [-0.2, -0.15) is 0 Å². The lowest BCUT2D eigenvalue weighted by Crippen LogP contribution is -2.41. The van der Waals surface area contributed by atoms with Gasteiger partial charge in [-0.3, -0.25) is 9.69 Å². The highest BCUT2D eigenvalue weighted by atomic mass is 35.5. The van der Waals surface area contributed by atoms with Crippen LogP contribution in [0, 0.1) is 5.92 Å². The highest BCUT2D eigenvalue weighted by Gasteiger charge is 2.26. The first kappa shape index (κ1) is 20.7. The minimum absolute atomic E-state index is 0.0413. The Morgan fingerprint density at radius 2 is 1.86 bits per heavy atom. The summed E-state index contributed by atoms with van der Waals surface area (Å²) < 4.78 is 5.22. The lowest BCUT2D eigenvalue weighted by Gasteiger charge is -2.32. The van der Waals surface area contributed by atoms with E-state index < -0.39 is 0 Å². The maximum absolute atomic E-state index is 12.8. The van der Waals surface area contributed by atoms with Crippen LogP contribution in [0.25, 0.3) is 0 Å². The van der Waals surface area contributed by atoms with Gasteiger partial charge in [-0.1, -0.05) is 48.9 Å². The fourth-order valence-corrected chi connectivity index (χ4v) is 3.96. The fourth-order valence-electron chi connectivity index (χ4n) is 3.77. The molecule has 2 aromatic rings. The van der Waals surface area contributed by atoms with Gasteiger partial charge in [0.1, 0.15) is 5.75 Å². The Hall–Kier alpha value is -2.04. The maximum Gasteiger partial charge on any atom is 0.223 e. The summed E-state index contributed by atoms with van der Waals surface area (Å²) in [5.74, 6) is 1.07. The Morgan fingerprint density at radius 3 is 2.46 bits per heavy atom. The summed E-state index contributed by atoms with van der Waals surface area (Å²) in [5.41, 5.74) is 2.27. The lowest BCUT2D eigenvalue weighted by molar-refractivity contribution is -0.127. The predicted octanol–water partition coefficient (Wildman–Crippen LogP) is 4.83. The van der Waals surface area contributed by atoms with E-state index in [4.69, 9.17) is 16.3 Å². The summed E-state index contributed by atoms with van der Waals surface area (Å²) >= 11 is 6.27. The molecule has 0 unspecified atom stereocenters. The number of ether oxygens (including phenoxy) is 1. The van der Waals surface area contributed by atoms with Crippen molar-refractivity contribution in [1.82, 2.24) is 10.2 Å². The number of piperidine rings is 1. The maximum atomic E-state index is 12.8. The third kappa shape index (κ3) is 5.27. The minimum atomic E-state index is 0.0413. The third-order valence-electron chi connectivity index (χ3n) is 5.55. The Kier molecular flexibility index (Phi) is 7.35. The van der Waals surface area contributed by atoms with Crippen molar-refractivity contribution in [3.8, 4) is 5.75 Å². The molecule has 1 N–H and O–H groups in total. The number of likely N-dealkylation sites (tertiary alicyclic amines) is 1. The van der Waals surface area contributed by atoms with E-state index in [0.717, 1.165) is 60.8 Å². The van der Waals surface area contributed by atoms with Crippen LogP contribution >= 0.6 is 11.6 Å². The van der Waals surface area contributed by atoms with Gasteiger partial charge in [0.25, 0.3) is 0 Å². The highest BCUT2D eigenvalue weighted by molar-refractivity contribution is 6.31. The van der Waals surface area contributed by atoms with Crippen molar-refractivity contribution in [2.75, 3.05) is 20.2 Å². The second-order valence-corrected chi connectivity index (χ2v) is 7.79. The molecule has 1 heterocycles. The van der Waals surface area contributed by atoms with Crippen LogP contribution in [0.1, 0.15) is 43.4 Å². The van der Waals surface area contributed by atoms with Crippen LogP contribution in [0.15, 0.2) is 48.5 Å². The van der Waals surface area contributed by atoms with Crippen molar-refractivity contribution in [2.45, 2.75) is 38.8 Å².